The second-order valence-corrected chi connectivity index (χ2v) is 0. The van der Waals surface area contributed by atoms with E-state index >= 15 is 0 Å². The molecule has 1 nitrogen and oxygen atoms in total. The molecule has 0 rings (SSSR count). The van der Waals surface area contributed by atoms with E-state index in [1.54, 1.807) is 0 Å². The van der Waals surface area contributed by atoms with Crippen molar-refractivity contribution in [2.45, 2.75) is 0 Å². The van der Waals surface area contributed by atoms with E-state index in [9.17, 15) is 0 Å². The van der Waals surface area contributed by atoms with Crippen LogP contribution in [0.4, 0.5) is 0 Å². The van der Waals surface area contributed by atoms with E-state index in [4.69, 9.17) is 0 Å². The molecule has 0 atom stereocenters. The fourth-order valence-corrected chi connectivity index (χ4v) is 0. The Morgan fingerprint density at radius 1 is 1.00 bits per heavy atom. The van der Waals surface area contributed by atoms with E-state index in [0.717, 1.165) is 0 Å². The smallest absolute Gasteiger partial charge is 0 e. The van der Waals surface area contributed by atoms with Gasteiger partial charge < -0.3 is 0 Å². The Hall–Kier alpha value is 3.45. The summed E-state index contributed by atoms with van der Waals surface area (Å²) in [5.41, 5.74) is 0. The van der Waals surface area contributed by atoms with Gasteiger partial charge in [-0.25, -0.2) is 0 Å². The quantitative estimate of drug-likeness (QED) is 0.402. The molecule has 5 heteroatoms. The maximum absolute atomic E-state index is 0. The molecule has 0 unspecified atom stereocenters. The van der Waals surface area contributed by atoms with Gasteiger partial charge >= 0.3 is 0 Å². The van der Waals surface area contributed by atoms with Gasteiger partial charge in [0.25, 0.3) is 0 Å². The van der Waals surface area contributed by atoms with Crippen LogP contribution in [-0.2, 0) is 0 Å². The monoisotopic (exact) mass is 197 g/mol. The zero-order valence-electron chi connectivity index (χ0n) is 2.94. The summed E-state index contributed by atoms with van der Waals surface area (Å²) in [5.74, 6) is 0. The third-order valence-electron chi connectivity index (χ3n) is 0. The predicted molar refractivity (Wildman–Crippen MR) is 25.1 cm³/mol. The number of hydrogen-bond donors (Lipinski definition) is 0. The van der Waals surface area contributed by atoms with Gasteiger partial charge in [-0.2, -0.15) is 0 Å². The van der Waals surface area contributed by atoms with Gasteiger partial charge in [-0.3, -0.25) is 0 Å². The van der Waals surface area contributed by atoms with Crippen LogP contribution in [-0.4, -0.2) is 112 Å². The molecular formula is AlCaNSiSr. The Morgan fingerprint density at radius 3 is 1.00 bits per heavy atom. The summed E-state index contributed by atoms with van der Waals surface area (Å²) in [4.78, 5) is 0. The van der Waals surface area contributed by atoms with Crippen molar-refractivity contribution in [3.05, 3.63) is 0 Å². The topological polar surface area (TPSA) is 30.5 Å². The number of rotatable bonds is 0. The molecule has 0 aromatic carbocycles. The minimum atomic E-state index is 0. The van der Waals surface area contributed by atoms with Crippen LogP contribution in [0.2, 0.25) is 0 Å². The molecule has 0 spiro atoms. The Balaban J connectivity index is 0. The molecule has 14 radical (unpaired) electrons. The van der Waals surface area contributed by atoms with E-state index in [1.165, 1.54) is 0 Å². The second-order valence-electron chi connectivity index (χ2n) is 0. The van der Waals surface area contributed by atoms with E-state index in [1.807, 2.05) is 0 Å². The van der Waals surface area contributed by atoms with Crippen molar-refractivity contribution < 1.29 is 0 Å². The van der Waals surface area contributed by atoms with Crippen LogP contribution in [0, 0.1) is 0 Å². The maximum Gasteiger partial charge on any atom is 0 e. The third kappa shape index (κ3) is 18.6. The first kappa shape index (κ1) is 39.4. The summed E-state index contributed by atoms with van der Waals surface area (Å²) in [6.45, 7) is 0. The molecular weight excluding hydrogens is 197 g/mol. The Morgan fingerprint density at radius 2 is 1.00 bits per heavy atom. The fourth-order valence-electron chi connectivity index (χ4n) is 0. The molecule has 0 fully saturated rings. The van der Waals surface area contributed by atoms with Crippen molar-refractivity contribution in [1.29, 1.82) is 0 Å². The minimum Gasteiger partial charge on any atom is 0 e. The van der Waals surface area contributed by atoms with Gasteiger partial charge in [-0.1, -0.05) is 0 Å². The first-order valence-electron chi connectivity index (χ1n) is 0. The van der Waals surface area contributed by atoms with E-state index in [-0.39, 0.29) is 118 Å². The van der Waals surface area contributed by atoms with Gasteiger partial charge in [0.05, 0.1) is 0 Å². The molecule has 0 saturated carbocycles. The van der Waals surface area contributed by atoms with Gasteiger partial charge in [0.1, 0.15) is 0 Å². The molecule has 0 heterocycles. The van der Waals surface area contributed by atoms with E-state index in [0.29, 0.717) is 0 Å². The summed E-state index contributed by atoms with van der Waals surface area (Å²) in [6.07, 6.45) is 0. The molecule has 5 heavy (non-hydrogen) atoms. The molecule has 0 saturated heterocycles. The van der Waals surface area contributed by atoms with Gasteiger partial charge in [0.2, 0.25) is 0 Å². The Kier molecular flexibility index (Phi) is 205. The normalized spacial score (nSPS) is 0. The average Bonchev–Trinajstić information content (AvgIpc) is 0. The third-order valence-corrected chi connectivity index (χ3v) is 0. The average molecular weight is 197 g/mol. The van der Waals surface area contributed by atoms with E-state index in [2.05, 4.69) is 0 Å². The van der Waals surface area contributed by atoms with Gasteiger partial charge in [0.15, 0.2) is 0 Å². The summed E-state index contributed by atoms with van der Waals surface area (Å²) in [7, 11) is 0. The molecule has 0 amide bonds. The van der Waals surface area contributed by atoms with Crippen LogP contribution < -0.4 is 6.15 Å². The van der Waals surface area contributed by atoms with Crippen LogP contribution in [0.15, 0.2) is 0 Å². The van der Waals surface area contributed by atoms with Crippen molar-refractivity contribution in [3.63, 3.8) is 0 Å². The largest absolute Gasteiger partial charge is 0 e. The van der Waals surface area contributed by atoms with Gasteiger partial charge in [-0.05, 0) is 0 Å². The summed E-state index contributed by atoms with van der Waals surface area (Å²) >= 11 is 0. The molecule has 0 bridgehead atoms. The van der Waals surface area contributed by atoms with Crippen LogP contribution in [0.5, 0.6) is 0 Å². The molecule has 16 valence electrons. The molecule has 0 aliphatic carbocycles. The van der Waals surface area contributed by atoms with Crippen LogP contribution in [0.25, 0.3) is 0 Å². The van der Waals surface area contributed by atoms with E-state index < -0.39 is 0 Å². The van der Waals surface area contributed by atoms with Crippen molar-refractivity contribution in [2.75, 3.05) is 0 Å². The molecule has 0 aromatic heterocycles. The Labute approximate surface area is 115 Å². The standard InChI is InChI=1S/Al.Ca.N.Si.Sr. The fraction of sp³-hybridized carbons (Fsp3) is 0. The number of hydrogen-bond acceptors (Lipinski definition) is 0. The van der Waals surface area contributed by atoms with Crippen molar-refractivity contribution in [2.24, 2.45) is 0 Å². The zero-order chi connectivity index (χ0) is 0. The number of nitrogens with zero attached hydrogens (tertiary/aromatic N) is 1. The van der Waals surface area contributed by atoms with Crippen molar-refractivity contribution in [3.8, 4) is 0 Å². The second kappa shape index (κ2) is 26.0. The Bertz CT molecular complexity index is 11.6. The van der Waals surface area contributed by atoms with Crippen LogP contribution in [0.3, 0.4) is 0 Å². The zero-order valence-corrected chi connectivity index (χ0v) is 10.8. The minimum absolute atomic E-state index is 0. The summed E-state index contributed by atoms with van der Waals surface area (Å²) in [5, 5.41) is 0. The summed E-state index contributed by atoms with van der Waals surface area (Å²) < 4.78 is 0. The SMILES string of the molecule is [Al].[Ca].[N].[Si].[Sr]. The molecule has 0 aliphatic rings. The van der Waals surface area contributed by atoms with Gasteiger partial charge in [-0.15, -0.1) is 0 Å². The molecule has 0 aliphatic heterocycles. The van der Waals surface area contributed by atoms with Crippen LogP contribution in [0.1, 0.15) is 0 Å². The summed E-state index contributed by atoms with van der Waals surface area (Å²) in [6, 6.07) is 0. The van der Waals surface area contributed by atoms with Crippen LogP contribution >= 0.6 is 0 Å². The van der Waals surface area contributed by atoms with Gasteiger partial charge in [0, 0.05) is 118 Å². The predicted octanol–water partition coefficient (Wildman–Crippen LogP) is -2.00. The molecule has 0 aromatic rings. The maximum atomic E-state index is 0. The van der Waals surface area contributed by atoms with Crippen molar-refractivity contribution >= 4 is 112 Å². The van der Waals surface area contributed by atoms with Crippen molar-refractivity contribution in [1.82, 2.24) is 6.15 Å². The first-order valence-corrected chi connectivity index (χ1v) is 0. The first-order chi connectivity index (χ1) is 0. The molecule has 0 N–H and O–H groups in total.